The summed E-state index contributed by atoms with van der Waals surface area (Å²) in [4.78, 5) is 9.20. The molecule has 1 atom stereocenters. The fourth-order valence-corrected chi connectivity index (χ4v) is 2.48. The van der Waals surface area contributed by atoms with Crippen LogP contribution >= 0.6 is 0 Å². The van der Waals surface area contributed by atoms with Gasteiger partial charge in [0.25, 0.3) is 0 Å². The number of anilines is 1. The van der Waals surface area contributed by atoms with Gasteiger partial charge in [0, 0.05) is 18.8 Å². The quantitative estimate of drug-likeness (QED) is 0.830. The lowest BCUT2D eigenvalue weighted by molar-refractivity contribution is 0.0854. The third-order valence-corrected chi connectivity index (χ3v) is 3.50. The minimum atomic E-state index is 0.412. The molecule has 1 aromatic heterocycles. The van der Waals surface area contributed by atoms with Crippen molar-refractivity contribution in [2.75, 3.05) is 45.3 Å². The molecule has 2 rings (SSSR count). The van der Waals surface area contributed by atoms with Gasteiger partial charge < -0.3 is 14.5 Å². The molecule has 1 fully saturated rings. The molecule has 0 aliphatic carbocycles. The van der Waals surface area contributed by atoms with E-state index in [2.05, 4.69) is 54.9 Å². The van der Waals surface area contributed by atoms with Gasteiger partial charge in [-0.1, -0.05) is 13.8 Å². The molecule has 0 radical (unpaired) electrons. The van der Waals surface area contributed by atoms with Gasteiger partial charge in [-0.2, -0.15) is 0 Å². The molecular weight excluding hydrogens is 238 g/mol. The first-order valence-corrected chi connectivity index (χ1v) is 7.03. The summed E-state index contributed by atoms with van der Waals surface area (Å²) in [5, 5.41) is 0. The monoisotopic (exact) mass is 263 g/mol. The molecule has 0 N–H and O–H groups in total. The van der Waals surface area contributed by atoms with Crippen molar-refractivity contribution in [3.8, 4) is 0 Å². The van der Waals surface area contributed by atoms with Crippen LogP contribution in [0.5, 0.6) is 0 Å². The zero-order valence-electron chi connectivity index (χ0n) is 12.5. The van der Waals surface area contributed by atoms with Crippen LogP contribution < -0.4 is 4.90 Å². The number of ether oxygens (including phenoxy) is 1. The molecule has 106 valence electrons. The van der Waals surface area contributed by atoms with Gasteiger partial charge in [-0.3, -0.25) is 4.98 Å². The van der Waals surface area contributed by atoms with Gasteiger partial charge in [0.05, 0.1) is 31.1 Å². The lowest BCUT2D eigenvalue weighted by Crippen LogP contribution is -2.50. The van der Waals surface area contributed by atoms with Crippen molar-refractivity contribution in [2.24, 2.45) is 0 Å². The van der Waals surface area contributed by atoms with Crippen molar-refractivity contribution < 1.29 is 4.74 Å². The van der Waals surface area contributed by atoms with Gasteiger partial charge in [-0.05, 0) is 32.1 Å². The van der Waals surface area contributed by atoms with Gasteiger partial charge in [-0.25, -0.2) is 0 Å². The molecular formula is C15H25N3O. The van der Waals surface area contributed by atoms with Crippen LogP contribution in [-0.4, -0.2) is 56.3 Å². The first kappa shape index (κ1) is 14.3. The molecule has 2 heterocycles. The summed E-state index contributed by atoms with van der Waals surface area (Å²) in [6.07, 6.45) is 2.00. The van der Waals surface area contributed by atoms with E-state index >= 15 is 0 Å². The van der Waals surface area contributed by atoms with E-state index in [1.165, 1.54) is 5.69 Å². The number of aromatic nitrogens is 1. The first-order chi connectivity index (χ1) is 9.08. The summed E-state index contributed by atoms with van der Waals surface area (Å²) in [6.45, 7) is 7.89. The Bertz CT molecular complexity index is 389. The minimum Gasteiger partial charge on any atom is -0.377 e. The summed E-state index contributed by atoms with van der Waals surface area (Å²) >= 11 is 0. The Hall–Kier alpha value is -1.13. The van der Waals surface area contributed by atoms with E-state index in [0.29, 0.717) is 12.0 Å². The van der Waals surface area contributed by atoms with E-state index in [9.17, 15) is 0 Å². The SMILES string of the molecule is CC(C)c1ccc(N2CCOC[C@H]2CN(C)C)cn1. The van der Waals surface area contributed by atoms with Gasteiger partial charge >= 0.3 is 0 Å². The van der Waals surface area contributed by atoms with E-state index in [4.69, 9.17) is 4.74 Å². The molecule has 0 amide bonds. The number of rotatable bonds is 4. The van der Waals surface area contributed by atoms with Gasteiger partial charge in [-0.15, -0.1) is 0 Å². The average molecular weight is 263 g/mol. The number of hydrogen-bond acceptors (Lipinski definition) is 4. The van der Waals surface area contributed by atoms with Crippen LogP contribution in [0.1, 0.15) is 25.5 Å². The van der Waals surface area contributed by atoms with Crippen molar-refractivity contribution in [3.63, 3.8) is 0 Å². The second kappa shape index (κ2) is 6.35. The van der Waals surface area contributed by atoms with E-state index in [0.717, 1.165) is 32.0 Å². The molecule has 0 saturated carbocycles. The largest absolute Gasteiger partial charge is 0.377 e. The van der Waals surface area contributed by atoms with E-state index < -0.39 is 0 Å². The van der Waals surface area contributed by atoms with Crippen LogP contribution in [0, 0.1) is 0 Å². The first-order valence-electron chi connectivity index (χ1n) is 7.03. The Morgan fingerprint density at radius 3 is 2.79 bits per heavy atom. The maximum atomic E-state index is 5.61. The molecule has 4 heteroatoms. The number of nitrogens with zero attached hydrogens (tertiary/aromatic N) is 3. The summed E-state index contributed by atoms with van der Waals surface area (Å²) in [5.74, 6) is 0.483. The maximum absolute atomic E-state index is 5.61. The normalized spacial score (nSPS) is 20.3. The van der Waals surface area contributed by atoms with Crippen molar-refractivity contribution >= 4 is 5.69 Å². The third kappa shape index (κ3) is 3.67. The van der Waals surface area contributed by atoms with Crippen LogP contribution in [0.4, 0.5) is 5.69 Å². The number of hydrogen-bond donors (Lipinski definition) is 0. The summed E-state index contributed by atoms with van der Waals surface area (Å²) in [5.41, 5.74) is 2.36. The van der Waals surface area contributed by atoms with Crippen LogP contribution in [0.2, 0.25) is 0 Å². The van der Waals surface area contributed by atoms with Crippen LogP contribution in [0.3, 0.4) is 0 Å². The Morgan fingerprint density at radius 1 is 1.42 bits per heavy atom. The summed E-state index contributed by atoms with van der Waals surface area (Å²) in [6, 6.07) is 4.74. The number of likely N-dealkylation sites (N-methyl/N-ethyl adjacent to an activating group) is 1. The van der Waals surface area contributed by atoms with Gasteiger partial charge in [0.15, 0.2) is 0 Å². The average Bonchev–Trinajstić information content (AvgIpc) is 2.39. The fraction of sp³-hybridized carbons (Fsp3) is 0.667. The number of pyridine rings is 1. The lowest BCUT2D eigenvalue weighted by Gasteiger charge is -2.38. The van der Waals surface area contributed by atoms with Crippen LogP contribution in [0.15, 0.2) is 18.3 Å². The highest BCUT2D eigenvalue weighted by Gasteiger charge is 2.24. The Kier molecular flexibility index (Phi) is 4.77. The molecule has 0 unspecified atom stereocenters. The predicted molar refractivity (Wildman–Crippen MR) is 78.8 cm³/mol. The highest BCUT2D eigenvalue weighted by atomic mass is 16.5. The van der Waals surface area contributed by atoms with Crippen molar-refractivity contribution in [2.45, 2.75) is 25.8 Å². The van der Waals surface area contributed by atoms with Crippen molar-refractivity contribution in [1.29, 1.82) is 0 Å². The Labute approximate surface area is 116 Å². The van der Waals surface area contributed by atoms with Gasteiger partial charge in [0.2, 0.25) is 0 Å². The molecule has 4 nitrogen and oxygen atoms in total. The molecule has 1 aliphatic rings. The highest BCUT2D eigenvalue weighted by Crippen LogP contribution is 2.21. The predicted octanol–water partition coefficient (Wildman–Crippen LogP) is 1.97. The van der Waals surface area contributed by atoms with Crippen molar-refractivity contribution in [3.05, 3.63) is 24.0 Å². The standard InChI is InChI=1S/C15H25N3O/c1-12(2)15-6-5-13(9-16-15)18-7-8-19-11-14(18)10-17(3)4/h5-6,9,12,14H,7-8,10-11H2,1-4H3/t14-/m1/s1. The number of morpholine rings is 1. The smallest absolute Gasteiger partial charge is 0.0683 e. The molecule has 0 bridgehead atoms. The third-order valence-electron chi connectivity index (χ3n) is 3.50. The molecule has 1 aliphatic heterocycles. The molecule has 0 aromatic carbocycles. The fourth-order valence-electron chi connectivity index (χ4n) is 2.48. The summed E-state index contributed by atoms with van der Waals surface area (Å²) in [7, 11) is 4.21. The van der Waals surface area contributed by atoms with E-state index in [-0.39, 0.29) is 0 Å². The van der Waals surface area contributed by atoms with Gasteiger partial charge in [0.1, 0.15) is 0 Å². The van der Waals surface area contributed by atoms with E-state index in [1.54, 1.807) is 0 Å². The van der Waals surface area contributed by atoms with Crippen LogP contribution in [-0.2, 0) is 4.74 Å². The Morgan fingerprint density at radius 2 is 2.21 bits per heavy atom. The second-order valence-corrected chi connectivity index (χ2v) is 5.78. The topological polar surface area (TPSA) is 28.6 Å². The van der Waals surface area contributed by atoms with E-state index in [1.807, 2.05) is 6.20 Å². The Balaban J connectivity index is 2.12. The van der Waals surface area contributed by atoms with Crippen LogP contribution in [0.25, 0.3) is 0 Å². The lowest BCUT2D eigenvalue weighted by atomic mass is 10.1. The zero-order valence-corrected chi connectivity index (χ0v) is 12.5. The summed E-state index contributed by atoms with van der Waals surface area (Å²) < 4.78 is 5.61. The highest BCUT2D eigenvalue weighted by molar-refractivity contribution is 5.46. The molecule has 1 aromatic rings. The van der Waals surface area contributed by atoms with Crippen molar-refractivity contribution in [1.82, 2.24) is 9.88 Å². The molecule has 0 spiro atoms. The maximum Gasteiger partial charge on any atom is 0.0683 e. The molecule has 1 saturated heterocycles. The minimum absolute atomic E-state index is 0.412. The molecule has 19 heavy (non-hydrogen) atoms. The zero-order chi connectivity index (χ0) is 13.8. The second-order valence-electron chi connectivity index (χ2n) is 5.78.